The van der Waals surface area contributed by atoms with E-state index in [1.54, 1.807) is 31.2 Å². The van der Waals surface area contributed by atoms with E-state index in [0.717, 1.165) is 0 Å². The van der Waals surface area contributed by atoms with Gasteiger partial charge < -0.3 is 15.2 Å². The number of hydrogen-bond donors (Lipinski definition) is 2. The van der Waals surface area contributed by atoms with Gasteiger partial charge in [-0.15, -0.1) is 0 Å². The van der Waals surface area contributed by atoms with Gasteiger partial charge >= 0.3 is 5.97 Å². The number of methoxy groups -OCH3 is 1. The molecule has 0 fully saturated rings. The molecule has 0 saturated heterocycles. The zero-order chi connectivity index (χ0) is 13.8. The Kier molecular flexibility index (Phi) is 3.61. The molecule has 0 aliphatic carbocycles. The molecule has 1 aromatic carbocycles. The summed E-state index contributed by atoms with van der Waals surface area (Å²) in [5, 5.41) is 12.5. The molecule has 0 saturated carbocycles. The van der Waals surface area contributed by atoms with Crippen molar-refractivity contribution in [2.24, 2.45) is 0 Å². The Labute approximate surface area is 110 Å². The van der Waals surface area contributed by atoms with Gasteiger partial charge in [0.15, 0.2) is 5.69 Å². The van der Waals surface area contributed by atoms with Gasteiger partial charge in [0.1, 0.15) is 5.75 Å². The van der Waals surface area contributed by atoms with E-state index >= 15 is 0 Å². The number of carbonyl (C=O) groups is 1. The Bertz CT molecular complexity index is 614. The number of nitrogens with one attached hydrogen (secondary N) is 1. The fraction of sp³-hybridized carbons (Fsp3) is 0.154. The van der Waals surface area contributed by atoms with Crippen LogP contribution in [-0.4, -0.2) is 28.2 Å². The highest BCUT2D eigenvalue weighted by Crippen LogP contribution is 2.24. The first-order chi connectivity index (χ1) is 9.10. The number of ether oxygens (including phenoxy) is 1. The van der Waals surface area contributed by atoms with E-state index in [9.17, 15) is 9.90 Å². The highest BCUT2D eigenvalue weighted by molar-refractivity contribution is 5.87. The fourth-order valence-corrected chi connectivity index (χ4v) is 1.53. The minimum absolute atomic E-state index is 0.0761. The summed E-state index contributed by atoms with van der Waals surface area (Å²) >= 11 is 0. The third kappa shape index (κ3) is 2.98. The van der Waals surface area contributed by atoms with Crippen LogP contribution in [0.3, 0.4) is 0 Å². The van der Waals surface area contributed by atoms with Crippen molar-refractivity contribution in [3.63, 3.8) is 0 Å². The molecule has 0 atom stereocenters. The summed E-state index contributed by atoms with van der Waals surface area (Å²) in [5.74, 6) is -0.236. The first-order valence-electron chi connectivity index (χ1n) is 5.59. The van der Waals surface area contributed by atoms with Gasteiger partial charge in [-0.3, -0.25) is 0 Å². The molecule has 2 aromatic rings. The number of aromatic hydroxyl groups is 1. The van der Waals surface area contributed by atoms with Crippen molar-refractivity contribution in [3.8, 4) is 5.75 Å². The van der Waals surface area contributed by atoms with Crippen LogP contribution < -0.4 is 5.32 Å². The average molecular weight is 259 g/mol. The zero-order valence-corrected chi connectivity index (χ0v) is 10.5. The molecule has 0 aliphatic rings. The van der Waals surface area contributed by atoms with Crippen LogP contribution in [0.4, 0.5) is 11.6 Å². The molecule has 2 rings (SSSR count). The van der Waals surface area contributed by atoms with E-state index in [-0.39, 0.29) is 17.4 Å². The molecule has 98 valence electrons. The largest absolute Gasteiger partial charge is 0.506 e. The summed E-state index contributed by atoms with van der Waals surface area (Å²) in [6, 6.07) is 8.22. The molecule has 6 nitrogen and oxygen atoms in total. The quantitative estimate of drug-likeness (QED) is 0.648. The van der Waals surface area contributed by atoms with Crippen LogP contribution >= 0.6 is 0 Å². The van der Waals surface area contributed by atoms with Gasteiger partial charge in [-0.1, -0.05) is 12.1 Å². The number of carbonyl (C=O) groups excluding carboxylic acids is 1. The predicted octanol–water partition coefficient (Wildman–Crippen LogP) is 2.02. The zero-order valence-electron chi connectivity index (χ0n) is 10.5. The lowest BCUT2D eigenvalue weighted by atomic mass is 10.3. The summed E-state index contributed by atoms with van der Waals surface area (Å²) in [6.45, 7) is 1.74. The van der Waals surface area contributed by atoms with Crippen LogP contribution in [0.5, 0.6) is 5.75 Å². The lowest BCUT2D eigenvalue weighted by Gasteiger charge is -2.08. The lowest BCUT2D eigenvalue weighted by molar-refractivity contribution is 0.0594. The van der Waals surface area contributed by atoms with E-state index in [4.69, 9.17) is 0 Å². The number of aromatic nitrogens is 2. The summed E-state index contributed by atoms with van der Waals surface area (Å²) in [7, 11) is 1.29. The molecule has 1 heterocycles. The molecule has 0 spiro atoms. The molecule has 0 amide bonds. The van der Waals surface area contributed by atoms with E-state index in [1.165, 1.54) is 13.2 Å². The standard InChI is InChI=1S/C13H13N3O3/c1-8-7-10(12(18)19-2)16-13(14-8)15-9-5-3-4-6-11(9)17/h3-7,17H,1-2H3,(H,14,15,16). The SMILES string of the molecule is COC(=O)c1cc(C)nc(Nc2ccccc2O)n1. The maximum Gasteiger partial charge on any atom is 0.356 e. The van der Waals surface area contributed by atoms with Gasteiger partial charge in [0.25, 0.3) is 0 Å². The van der Waals surface area contributed by atoms with Gasteiger partial charge in [0.2, 0.25) is 5.95 Å². The highest BCUT2D eigenvalue weighted by Gasteiger charge is 2.11. The van der Waals surface area contributed by atoms with E-state index < -0.39 is 5.97 Å². The number of hydrogen-bond acceptors (Lipinski definition) is 6. The number of aryl methyl sites for hydroxylation is 1. The van der Waals surface area contributed by atoms with E-state index in [0.29, 0.717) is 11.4 Å². The van der Waals surface area contributed by atoms with Crippen LogP contribution in [0.25, 0.3) is 0 Å². The van der Waals surface area contributed by atoms with Gasteiger partial charge in [0, 0.05) is 5.69 Å². The van der Waals surface area contributed by atoms with Crippen LogP contribution in [0.2, 0.25) is 0 Å². The van der Waals surface area contributed by atoms with Gasteiger partial charge in [-0.05, 0) is 25.1 Å². The number of phenols is 1. The van der Waals surface area contributed by atoms with Crippen molar-refractivity contribution in [1.82, 2.24) is 9.97 Å². The van der Waals surface area contributed by atoms with Crippen molar-refractivity contribution in [1.29, 1.82) is 0 Å². The molecule has 2 N–H and O–H groups in total. The normalized spacial score (nSPS) is 10.0. The Morgan fingerprint density at radius 1 is 1.32 bits per heavy atom. The van der Waals surface area contributed by atoms with Crippen LogP contribution in [0.15, 0.2) is 30.3 Å². The van der Waals surface area contributed by atoms with Gasteiger partial charge in [0.05, 0.1) is 12.8 Å². The molecular formula is C13H13N3O3. The number of esters is 1. The van der Waals surface area contributed by atoms with Crippen molar-refractivity contribution in [3.05, 3.63) is 41.7 Å². The van der Waals surface area contributed by atoms with E-state index in [2.05, 4.69) is 20.0 Å². The van der Waals surface area contributed by atoms with Gasteiger partial charge in [-0.25, -0.2) is 14.8 Å². The summed E-state index contributed by atoms with van der Waals surface area (Å²) < 4.78 is 4.61. The predicted molar refractivity (Wildman–Crippen MR) is 69.5 cm³/mol. The molecular weight excluding hydrogens is 246 g/mol. The number of rotatable bonds is 3. The minimum atomic E-state index is -0.536. The molecule has 0 unspecified atom stereocenters. The Morgan fingerprint density at radius 3 is 2.74 bits per heavy atom. The van der Waals surface area contributed by atoms with Gasteiger partial charge in [-0.2, -0.15) is 0 Å². The second-order valence-electron chi connectivity index (χ2n) is 3.85. The Morgan fingerprint density at radius 2 is 2.05 bits per heavy atom. The number of para-hydroxylation sites is 2. The van der Waals surface area contributed by atoms with Crippen molar-refractivity contribution < 1.29 is 14.6 Å². The fourth-order valence-electron chi connectivity index (χ4n) is 1.53. The third-order valence-electron chi connectivity index (χ3n) is 2.40. The number of benzene rings is 1. The van der Waals surface area contributed by atoms with Crippen LogP contribution in [-0.2, 0) is 4.74 Å². The van der Waals surface area contributed by atoms with Crippen LogP contribution in [0.1, 0.15) is 16.2 Å². The average Bonchev–Trinajstić information content (AvgIpc) is 2.40. The number of nitrogens with zero attached hydrogens (tertiary/aromatic N) is 2. The maximum absolute atomic E-state index is 11.4. The monoisotopic (exact) mass is 259 g/mol. The summed E-state index contributed by atoms with van der Waals surface area (Å²) in [5.41, 5.74) is 1.24. The first-order valence-corrected chi connectivity index (χ1v) is 5.59. The Balaban J connectivity index is 2.33. The summed E-state index contributed by atoms with van der Waals surface area (Å²) in [6.07, 6.45) is 0. The molecule has 0 bridgehead atoms. The number of phenolic OH excluding ortho intramolecular Hbond substituents is 1. The van der Waals surface area contributed by atoms with Crippen molar-refractivity contribution in [2.75, 3.05) is 12.4 Å². The van der Waals surface area contributed by atoms with Crippen LogP contribution in [0, 0.1) is 6.92 Å². The Hall–Kier alpha value is -2.63. The maximum atomic E-state index is 11.4. The number of anilines is 2. The van der Waals surface area contributed by atoms with E-state index in [1.807, 2.05) is 0 Å². The van der Waals surface area contributed by atoms with Crippen molar-refractivity contribution in [2.45, 2.75) is 6.92 Å². The summed E-state index contributed by atoms with van der Waals surface area (Å²) in [4.78, 5) is 19.6. The lowest BCUT2D eigenvalue weighted by Crippen LogP contribution is -2.08. The molecule has 0 radical (unpaired) electrons. The third-order valence-corrected chi connectivity index (χ3v) is 2.40. The smallest absolute Gasteiger partial charge is 0.356 e. The second-order valence-corrected chi connectivity index (χ2v) is 3.85. The minimum Gasteiger partial charge on any atom is -0.506 e. The first kappa shape index (κ1) is 12.8. The second kappa shape index (κ2) is 5.34. The molecule has 0 aliphatic heterocycles. The molecule has 19 heavy (non-hydrogen) atoms. The topological polar surface area (TPSA) is 84.3 Å². The molecule has 1 aromatic heterocycles. The highest BCUT2D eigenvalue weighted by atomic mass is 16.5. The van der Waals surface area contributed by atoms with Crippen molar-refractivity contribution >= 4 is 17.6 Å². The molecule has 6 heteroatoms.